The molecule has 0 aliphatic heterocycles. The molecule has 0 radical (unpaired) electrons. The summed E-state index contributed by atoms with van der Waals surface area (Å²) in [5, 5.41) is 18.4. The second kappa shape index (κ2) is 4.82. The molecule has 0 bridgehead atoms. The summed E-state index contributed by atoms with van der Waals surface area (Å²) in [7, 11) is 0. The molecule has 0 saturated heterocycles. The van der Waals surface area contributed by atoms with Gasteiger partial charge in [0.05, 0.1) is 5.56 Å². The molecule has 16 heavy (non-hydrogen) atoms. The molecule has 2 aromatic rings. The van der Waals surface area contributed by atoms with Gasteiger partial charge in [-0.05, 0) is 23.6 Å². The smallest absolute Gasteiger partial charge is 1.00 e. The van der Waals surface area contributed by atoms with Crippen molar-refractivity contribution in [1.29, 1.82) is 0 Å². The molecule has 2 rings (SSSR count). The van der Waals surface area contributed by atoms with Crippen LogP contribution in [0.5, 0.6) is 5.75 Å². The van der Waals surface area contributed by atoms with Crippen LogP contribution in [-0.2, 0) is 0 Å². The largest absolute Gasteiger partial charge is 1.00 e. The molecule has 0 atom stereocenters. The molecule has 2 N–H and O–H groups in total. The number of hydrogen-bond donors (Lipinski definition) is 2. The number of phenolic OH excluding ortho intramolecular Hbond substituents is 1. The summed E-state index contributed by atoms with van der Waals surface area (Å²) in [6, 6.07) is 6.79. The van der Waals surface area contributed by atoms with Gasteiger partial charge in [-0.15, -0.1) is 0 Å². The summed E-state index contributed by atoms with van der Waals surface area (Å²) in [6.45, 7) is 0. The van der Waals surface area contributed by atoms with Gasteiger partial charge < -0.3 is 11.6 Å². The van der Waals surface area contributed by atoms with Crippen LogP contribution in [0.3, 0.4) is 0 Å². The zero-order chi connectivity index (χ0) is 11.0. The molecule has 78 valence electrons. The number of carboxylic acid groups (broad SMARTS) is 1. The fraction of sp³-hybridized carbons (Fsp3) is 0. The fourth-order valence-electron chi connectivity index (χ4n) is 1.50. The minimum atomic E-state index is -1.12. The molecular weight excluding hydrogens is 222 g/mol. The van der Waals surface area contributed by atoms with E-state index < -0.39 is 17.5 Å². The Hall–Kier alpha value is -1.10. The zero-order valence-electron chi connectivity index (χ0n) is 9.57. The van der Waals surface area contributed by atoms with E-state index in [1.54, 1.807) is 0 Å². The predicted molar refractivity (Wildman–Crippen MR) is 53.6 cm³/mol. The van der Waals surface area contributed by atoms with Crippen LogP contribution in [0.1, 0.15) is 11.8 Å². The number of aromatic hydroxyl groups is 1. The maximum absolute atomic E-state index is 13.4. The normalized spacial score (nSPS) is 9.81. The van der Waals surface area contributed by atoms with E-state index in [1.165, 1.54) is 24.3 Å². The Balaban J connectivity index is 0.00000128. The standard InChI is InChI=1S/C11H7FO3.Na.H/c12-10-7-2-1-3-8(11(14)15)6(7)4-5-9(10)13;;/h1-5,13H,(H,14,15);;/q;+1;-1. The second-order valence-electron chi connectivity index (χ2n) is 3.10. The van der Waals surface area contributed by atoms with Crippen LogP contribution < -0.4 is 29.6 Å². The SMILES string of the molecule is O=C(O)c1cccc2c(F)c(O)ccc12.[H-].[Na+]. The van der Waals surface area contributed by atoms with Gasteiger partial charge in [-0.1, -0.05) is 12.1 Å². The zero-order valence-corrected chi connectivity index (χ0v) is 10.6. The Morgan fingerprint density at radius 1 is 1.19 bits per heavy atom. The third kappa shape index (κ3) is 2.04. The summed E-state index contributed by atoms with van der Waals surface area (Å²) >= 11 is 0. The van der Waals surface area contributed by atoms with Crippen LogP contribution >= 0.6 is 0 Å². The first-order chi connectivity index (χ1) is 7.11. The first-order valence-corrected chi connectivity index (χ1v) is 4.25. The Bertz CT molecular complexity index is 560. The minimum Gasteiger partial charge on any atom is -1.00 e. The van der Waals surface area contributed by atoms with Crippen molar-refractivity contribution in [2.75, 3.05) is 0 Å². The van der Waals surface area contributed by atoms with Crippen LogP contribution in [0, 0.1) is 5.82 Å². The Kier molecular flexibility index (Phi) is 3.91. The molecule has 0 aromatic heterocycles. The van der Waals surface area contributed by atoms with Crippen molar-refractivity contribution in [2.45, 2.75) is 0 Å². The van der Waals surface area contributed by atoms with Gasteiger partial charge in [0.25, 0.3) is 0 Å². The monoisotopic (exact) mass is 230 g/mol. The number of halogens is 1. The van der Waals surface area contributed by atoms with Crippen molar-refractivity contribution >= 4 is 16.7 Å². The number of carboxylic acids is 1. The van der Waals surface area contributed by atoms with Gasteiger partial charge in [-0.3, -0.25) is 0 Å². The molecule has 0 unspecified atom stereocenters. The number of benzene rings is 2. The summed E-state index contributed by atoms with van der Waals surface area (Å²) in [4.78, 5) is 10.8. The second-order valence-corrected chi connectivity index (χ2v) is 3.10. The summed E-state index contributed by atoms with van der Waals surface area (Å²) in [5.41, 5.74) is 0.0198. The number of carbonyl (C=O) groups is 1. The Morgan fingerprint density at radius 3 is 2.50 bits per heavy atom. The van der Waals surface area contributed by atoms with Crippen molar-refractivity contribution in [3.05, 3.63) is 41.7 Å². The van der Waals surface area contributed by atoms with Crippen LogP contribution in [0.25, 0.3) is 10.8 Å². The molecule has 0 amide bonds. The number of hydrogen-bond acceptors (Lipinski definition) is 2. The maximum Gasteiger partial charge on any atom is 1.00 e. The van der Waals surface area contributed by atoms with E-state index in [2.05, 4.69) is 0 Å². The summed E-state index contributed by atoms with van der Waals surface area (Å²) in [5.74, 6) is -2.40. The molecule has 2 aromatic carbocycles. The summed E-state index contributed by atoms with van der Waals surface area (Å²) < 4.78 is 13.4. The van der Waals surface area contributed by atoms with Crippen molar-refractivity contribution in [2.24, 2.45) is 0 Å². The Morgan fingerprint density at radius 2 is 1.88 bits per heavy atom. The third-order valence-electron chi connectivity index (χ3n) is 2.21. The molecule has 0 heterocycles. The van der Waals surface area contributed by atoms with E-state index >= 15 is 0 Å². The van der Waals surface area contributed by atoms with Crippen LogP contribution in [0.4, 0.5) is 4.39 Å². The van der Waals surface area contributed by atoms with Crippen LogP contribution in [-0.4, -0.2) is 16.2 Å². The third-order valence-corrected chi connectivity index (χ3v) is 2.21. The molecule has 0 saturated carbocycles. The summed E-state index contributed by atoms with van der Waals surface area (Å²) in [6.07, 6.45) is 0. The molecule has 0 fully saturated rings. The average Bonchev–Trinajstić information content (AvgIpc) is 2.23. The van der Waals surface area contributed by atoms with Gasteiger partial charge in [0.1, 0.15) is 0 Å². The first kappa shape index (κ1) is 13.0. The van der Waals surface area contributed by atoms with Crippen molar-refractivity contribution in [1.82, 2.24) is 0 Å². The van der Waals surface area contributed by atoms with E-state index in [1.807, 2.05) is 0 Å². The van der Waals surface area contributed by atoms with E-state index in [0.29, 0.717) is 0 Å². The molecule has 5 heteroatoms. The van der Waals surface area contributed by atoms with Gasteiger partial charge in [-0.25, -0.2) is 9.18 Å². The van der Waals surface area contributed by atoms with E-state index in [0.717, 1.165) is 6.07 Å². The quantitative estimate of drug-likeness (QED) is 0.649. The van der Waals surface area contributed by atoms with E-state index in [-0.39, 0.29) is 47.3 Å². The fourth-order valence-corrected chi connectivity index (χ4v) is 1.50. The Labute approximate surface area is 114 Å². The topological polar surface area (TPSA) is 57.5 Å². The van der Waals surface area contributed by atoms with Crippen molar-refractivity contribution in [3.63, 3.8) is 0 Å². The average molecular weight is 230 g/mol. The number of rotatable bonds is 1. The minimum absolute atomic E-state index is 0. The molecular formula is C11H8FNaO3. The molecule has 3 nitrogen and oxygen atoms in total. The van der Waals surface area contributed by atoms with E-state index in [4.69, 9.17) is 10.2 Å². The van der Waals surface area contributed by atoms with Crippen molar-refractivity contribution < 1.29 is 50.4 Å². The first-order valence-electron chi connectivity index (χ1n) is 4.25. The van der Waals surface area contributed by atoms with Gasteiger partial charge >= 0.3 is 35.5 Å². The number of phenols is 1. The maximum atomic E-state index is 13.4. The molecule has 0 spiro atoms. The number of fused-ring (bicyclic) bond motifs is 1. The van der Waals surface area contributed by atoms with Gasteiger partial charge in [0, 0.05) is 5.39 Å². The van der Waals surface area contributed by atoms with Crippen LogP contribution in [0.2, 0.25) is 0 Å². The van der Waals surface area contributed by atoms with Gasteiger partial charge in [-0.2, -0.15) is 0 Å². The molecule has 0 aliphatic carbocycles. The molecule has 0 aliphatic rings. The van der Waals surface area contributed by atoms with Crippen molar-refractivity contribution in [3.8, 4) is 5.75 Å². The van der Waals surface area contributed by atoms with Gasteiger partial charge in [0.2, 0.25) is 0 Å². The predicted octanol–water partition coefficient (Wildman–Crippen LogP) is -0.501. The van der Waals surface area contributed by atoms with E-state index in [9.17, 15) is 9.18 Å². The van der Waals surface area contributed by atoms with Gasteiger partial charge in [0.15, 0.2) is 11.6 Å². The number of aromatic carboxylic acids is 1. The van der Waals surface area contributed by atoms with Crippen LogP contribution in [0.15, 0.2) is 30.3 Å².